The highest BCUT2D eigenvalue weighted by Gasteiger charge is 2.08. The average molecular weight is 299 g/mol. The standard InChI is InChI=1S/C13H16Cl2N4/c1-9(2)6-16-7-10-8-19(18-17-10)12-5-3-4-11(14)13(12)15/h3-5,8-9,16H,6-7H2,1-2H3. The van der Waals surface area contributed by atoms with Gasteiger partial charge in [-0.05, 0) is 24.6 Å². The number of hydrogen-bond acceptors (Lipinski definition) is 3. The maximum atomic E-state index is 6.15. The lowest BCUT2D eigenvalue weighted by Gasteiger charge is -2.05. The van der Waals surface area contributed by atoms with Crippen molar-refractivity contribution < 1.29 is 0 Å². The van der Waals surface area contributed by atoms with Crippen molar-refractivity contribution in [3.63, 3.8) is 0 Å². The molecule has 0 aliphatic heterocycles. The van der Waals surface area contributed by atoms with E-state index >= 15 is 0 Å². The number of nitrogens with one attached hydrogen (secondary N) is 1. The van der Waals surface area contributed by atoms with E-state index < -0.39 is 0 Å². The van der Waals surface area contributed by atoms with Crippen molar-refractivity contribution in [3.8, 4) is 5.69 Å². The second kappa shape index (κ2) is 6.37. The molecule has 0 amide bonds. The van der Waals surface area contributed by atoms with Gasteiger partial charge in [-0.25, -0.2) is 4.68 Å². The summed E-state index contributed by atoms with van der Waals surface area (Å²) in [6, 6.07) is 5.44. The summed E-state index contributed by atoms with van der Waals surface area (Å²) < 4.78 is 1.64. The van der Waals surface area contributed by atoms with Crippen LogP contribution in [-0.2, 0) is 6.54 Å². The Morgan fingerprint density at radius 1 is 1.32 bits per heavy atom. The van der Waals surface area contributed by atoms with E-state index in [2.05, 4.69) is 29.5 Å². The number of benzene rings is 1. The summed E-state index contributed by atoms with van der Waals surface area (Å²) >= 11 is 12.1. The van der Waals surface area contributed by atoms with Gasteiger partial charge in [0, 0.05) is 6.54 Å². The molecule has 0 aliphatic rings. The molecule has 1 heterocycles. The molecule has 2 rings (SSSR count). The molecule has 4 nitrogen and oxygen atoms in total. The van der Waals surface area contributed by atoms with Crippen LogP contribution in [0.1, 0.15) is 19.5 Å². The van der Waals surface area contributed by atoms with Gasteiger partial charge in [0.1, 0.15) is 0 Å². The van der Waals surface area contributed by atoms with Gasteiger partial charge < -0.3 is 5.32 Å². The number of rotatable bonds is 5. The summed E-state index contributed by atoms with van der Waals surface area (Å²) in [4.78, 5) is 0. The van der Waals surface area contributed by atoms with Crippen LogP contribution >= 0.6 is 23.2 Å². The minimum atomic E-state index is 0.482. The van der Waals surface area contributed by atoms with Gasteiger partial charge in [-0.15, -0.1) is 5.10 Å². The van der Waals surface area contributed by atoms with Crippen molar-refractivity contribution in [1.29, 1.82) is 0 Å². The first-order valence-corrected chi connectivity index (χ1v) is 6.90. The minimum absolute atomic E-state index is 0.482. The van der Waals surface area contributed by atoms with Crippen LogP contribution in [0.4, 0.5) is 0 Å². The number of hydrogen-bond donors (Lipinski definition) is 1. The quantitative estimate of drug-likeness (QED) is 0.921. The van der Waals surface area contributed by atoms with Gasteiger partial charge in [-0.3, -0.25) is 0 Å². The van der Waals surface area contributed by atoms with Crippen molar-refractivity contribution >= 4 is 23.2 Å². The second-order valence-corrected chi connectivity index (χ2v) is 5.54. The van der Waals surface area contributed by atoms with Crippen LogP contribution in [0.5, 0.6) is 0 Å². The van der Waals surface area contributed by atoms with E-state index in [1.807, 2.05) is 18.3 Å². The Balaban J connectivity index is 2.10. The third kappa shape index (κ3) is 3.69. The van der Waals surface area contributed by atoms with Gasteiger partial charge in [-0.2, -0.15) is 0 Å². The lowest BCUT2D eigenvalue weighted by atomic mass is 10.2. The lowest BCUT2D eigenvalue weighted by Crippen LogP contribution is -2.19. The monoisotopic (exact) mass is 298 g/mol. The van der Waals surface area contributed by atoms with Crippen LogP contribution in [0, 0.1) is 5.92 Å². The molecule has 2 aromatic rings. The fraction of sp³-hybridized carbons (Fsp3) is 0.385. The molecule has 0 saturated heterocycles. The second-order valence-electron chi connectivity index (χ2n) is 4.75. The highest BCUT2D eigenvalue weighted by molar-refractivity contribution is 6.43. The Bertz CT molecular complexity index is 551. The molecule has 1 aromatic heterocycles. The molecule has 0 spiro atoms. The highest BCUT2D eigenvalue weighted by Crippen LogP contribution is 2.27. The predicted molar refractivity (Wildman–Crippen MR) is 77.9 cm³/mol. The number of aromatic nitrogens is 3. The molecular formula is C13H16Cl2N4. The Kier molecular flexibility index (Phi) is 4.80. The highest BCUT2D eigenvalue weighted by atomic mass is 35.5. The third-order valence-electron chi connectivity index (χ3n) is 2.58. The third-order valence-corrected chi connectivity index (χ3v) is 3.39. The van der Waals surface area contributed by atoms with Crippen LogP contribution in [0.15, 0.2) is 24.4 Å². The van der Waals surface area contributed by atoms with Gasteiger partial charge >= 0.3 is 0 Å². The van der Waals surface area contributed by atoms with Crippen molar-refractivity contribution in [1.82, 2.24) is 20.3 Å². The first kappa shape index (κ1) is 14.3. The van der Waals surface area contributed by atoms with Crippen molar-refractivity contribution in [3.05, 3.63) is 40.1 Å². The van der Waals surface area contributed by atoms with Gasteiger partial charge in [0.05, 0.1) is 27.6 Å². The predicted octanol–water partition coefficient (Wildman–Crippen LogP) is 3.32. The van der Waals surface area contributed by atoms with Crippen LogP contribution in [0.25, 0.3) is 5.69 Å². The molecule has 0 unspecified atom stereocenters. The van der Waals surface area contributed by atoms with Crippen LogP contribution in [0.2, 0.25) is 10.0 Å². The lowest BCUT2D eigenvalue weighted by molar-refractivity contribution is 0.548. The van der Waals surface area contributed by atoms with Gasteiger partial charge in [0.25, 0.3) is 0 Å². The molecule has 0 aliphatic carbocycles. The maximum absolute atomic E-state index is 6.15. The molecule has 19 heavy (non-hydrogen) atoms. The molecule has 0 atom stereocenters. The summed E-state index contributed by atoms with van der Waals surface area (Å²) in [5.41, 5.74) is 1.61. The Labute approximate surface area is 122 Å². The molecule has 102 valence electrons. The minimum Gasteiger partial charge on any atom is -0.311 e. The summed E-state index contributed by atoms with van der Waals surface area (Å²) in [5.74, 6) is 0.609. The number of nitrogens with zero attached hydrogens (tertiary/aromatic N) is 3. The van der Waals surface area contributed by atoms with E-state index in [1.165, 1.54) is 0 Å². The zero-order valence-corrected chi connectivity index (χ0v) is 12.4. The van der Waals surface area contributed by atoms with E-state index in [-0.39, 0.29) is 0 Å². The summed E-state index contributed by atoms with van der Waals surface area (Å²) in [6.07, 6.45) is 1.85. The zero-order valence-electron chi connectivity index (χ0n) is 10.9. The van der Waals surface area contributed by atoms with E-state index in [4.69, 9.17) is 23.2 Å². The summed E-state index contributed by atoms with van der Waals surface area (Å²) in [6.45, 7) is 5.96. The smallest absolute Gasteiger partial charge is 0.0969 e. The summed E-state index contributed by atoms with van der Waals surface area (Å²) in [7, 11) is 0. The van der Waals surface area contributed by atoms with E-state index in [1.54, 1.807) is 10.7 Å². The first-order chi connectivity index (χ1) is 9.08. The van der Waals surface area contributed by atoms with Crippen LogP contribution in [-0.4, -0.2) is 21.5 Å². The molecule has 0 bridgehead atoms. The maximum Gasteiger partial charge on any atom is 0.0969 e. The SMILES string of the molecule is CC(C)CNCc1cn(-c2cccc(Cl)c2Cl)nn1. The van der Waals surface area contributed by atoms with Gasteiger partial charge in [-0.1, -0.05) is 48.3 Å². The normalized spacial score (nSPS) is 11.2. The largest absolute Gasteiger partial charge is 0.311 e. The molecule has 0 saturated carbocycles. The van der Waals surface area contributed by atoms with Crippen molar-refractivity contribution in [2.45, 2.75) is 20.4 Å². The molecule has 6 heteroatoms. The Morgan fingerprint density at radius 3 is 2.84 bits per heavy atom. The number of halogens is 2. The van der Waals surface area contributed by atoms with Crippen LogP contribution < -0.4 is 5.32 Å². The van der Waals surface area contributed by atoms with Crippen molar-refractivity contribution in [2.75, 3.05) is 6.54 Å². The Hall–Kier alpha value is -1.10. The van der Waals surface area contributed by atoms with Crippen LogP contribution in [0.3, 0.4) is 0 Å². The Morgan fingerprint density at radius 2 is 2.11 bits per heavy atom. The average Bonchev–Trinajstić information content (AvgIpc) is 2.81. The van der Waals surface area contributed by atoms with Crippen molar-refractivity contribution in [2.24, 2.45) is 5.92 Å². The van der Waals surface area contributed by atoms with E-state index in [0.29, 0.717) is 22.5 Å². The fourth-order valence-electron chi connectivity index (χ4n) is 1.66. The van der Waals surface area contributed by atoms with Gasteiger partial charge in [0.2, 0.25) is 0 Å². The zero-order chi connectivity index (χ0) is 13.8. The fourth-order valence-corrected chi connectivity index (χ4v) is 2.04. The molecule has 1 N–H and O–H groups in total. The van der Waals surface area contributed by atoms with Gasteiger partial charge in [0.15, 0.2) is 0 Å². The topological polar surface area (TPSA) is 42.7 Å². The first-order valence-electron chi connectivity index (χ1n) is 6.14. The van der Waals surface area contributed by atoms with E-state index in [0.717, 1.165) is 17.9 Å². The molecule has 0 radical (unpaired) electrons. The summed E-state index contributed by atoms with van der Waals surface area (Å²) in [5, 5.41) is 12.5. The molecular weight excluding hydrogens is 283 g/mol. The van der Waals surface area contributed by atoms with E-state index in [9.17, 15) is 0 Å². The molecule has 0 fully saturated rings. The molecule has 1 aromatic carbocycles.